The number of carboxylic acids is 1. The summed E-state index contributed by atoms with van der Waals surface area (Å²) in [5.41, 5.74) is 0. The van der Waals surface area contributed by atoms with Crippen LogP contribution in [0.4, 0.5) is 0 Å². The Morgan fingerprint density at radius 3 is 2.29 bits per heavy atom. The van der Waals surface area contributed by atoms with Crippen LogP contribution in [0.15, 0.2) is 12.3 Å². The summed E-state index contributed by atoms with van der Waals surface area (Å²) in [4.78, 5) is 14.7. The number of hydrogen-bond donors (Lipinski definition) is 1. The number of carboxylic acid groups (broad SMARTS) is 1. The van der Waals surface area contributed by atoms with Gasteiger partial charge in [-0.15, -0.1) is 0 Å². The van der Waals surface area contributed by atoms with Gasteiger partial charge in [-0.25, -0.2) is 4.79 Å². The zero-order valence-corrected chi connectivity index (χ0v) is 8.81. The Kier molecular flexibility index (Phi) is 3.95. The Hall–Kier alpha value is -1.03. The van der Waals surface area contributed by atoms with Gasteiger partial charge in [0.25, 0.3) is 0 Å². The van der Waals surface area contributed by atoms with Crippen LogP contribution in [0.2, 0.25) is 0 Å². The molecule has 0 amide bonds. The third kappa shape index (κ3) is 3.38. The molecule has 0 aromatic rings. The molecule has 0 unspecified atom stereocenters. The van der Waals surface area contributed by atoms with E-state index in [0.29, 0.717) is 6.04 Å². The van der Waals surface area contributed by atoms with Crippen LogP contribution in [-0.2, 0) is 4.79 Å². The van der Waals surface area contributed by atoms with Crippen LogP contribution in [0.3, 0.4) is 0 Å². The zero-order valence-electron chi connectivity index (χ0n) is 8.81. The Bertz CT molecular complexity index is 218. The van der Waals surface area contributed by atoms with Gasteiger partial charge in [0, 0.05) is 44.5 Å². The predicted octanol–water partition coefficient (Wildman–Crippen LogP) is 0.611. The molecule has 14 heavy (non-hydrogen) atoms. The lowest BCUT2D eigenvalue weighted by atomic mass is 10.2. The summed E-state index contributed by atoms with van der Waals surface area (Å²) in [6.07, 6.45) is 2.87. The minimum Gasteiger partial charge on any atom is -0.478 e. The van der Waals surface area contributed by atoms with E-state index in [-0.39, 0.29) is 0 Å². The first-order chi connectivity index (χ1) is 6.59. The summed E-state index contributed by atoms with van der Waals surface area (Å²) < 4.78 is 0. The van der Waals surface area contributed by atoms with Gasteiger partial charge in [-0.3, -0.25) is 4.90 Å². The average molecular weight is 198 g/mol. The third-order valence-corrected chi connectivity index (χ3v) is 2.51. The van der Waals surface area contributed by atoms with E-state index in [4.69, 9.17) is 5.11 Å². The van der Waals surface area contributed by atoms with Crippen molar-refractivity contribution in [3.05, 3.63) is 12.3 Å². The molecule has 0 aromatic carbocycles. The molecular formula is C10H18N2O2. The monoisotopic (exact) mass is 198 g/mol. The van der Waals surface area contributed by atoms with Gasteiger partial charge in [-0.1, -0.05) is 0 Å². The lowest BCUT2D eigenvalue weighted by Gasteiger charge is -2.36. The van der Waals surface area contributed by atoms with Crippen molar-refractivity contribution in [2.75, 3.05) is 26.2 Å². The molecule has 1 rings (SSSR count). The van der Waals surface area contributed by atoms with Crippen molar-refractivity contribution in [2.45, 2.75) is 19.9 Å². The molecule has 1 saturated heterocycles. The lowest BCUT2D eigenvalue weighted by molar-refractivity contribution is -0.131. The standard InChI is InChI=1S/C10H18N2O2/c1-9(2)12-7-5-11(6-8-12)4-3-10(13)14/h3-4,9H,5-8H2,1-2H3,(H,13,14)/b4-3+. The molecule has 0 radical (unpaired) electrons. The van der Waals surface area contributed by atoms with Crippen LogP contribution >= 0.6 is 0 Å². The third-order valence-electron chi connectivity index (χ3n) is 2.51. The van der Waals surface area contributed by atoms with E-state index in [2.05, 4.69) is 18.7 Å². The first-order valence-electron chi connectivity index (χ1n) is 4.99. The smallest absolute Gasteiger partial charge is 0.329 e. The largest absolute Gasteiger partial charge is 0.478 e. The second kappa shape index (κ2) is 5.00. The molecular weight excluding hydrogens is 180 g/mol. The molecule has 0 bridgehead atoms. The molecule has 80 valence electrons. The molecule has 1 aliphatic rings. The van der Waals surface area contributed by atoms with Gasteiger partial charge in [0.2, 0.25) is 0 Å². The van der Waals surface area contributed by atoms with E-state index in [1.54, 1.807) is 6.20 Å². The molecule has 1 N–H and O–H groups in total. The van der Waals surface area contributed by atoms with E-state index in [9.17, 15) is 4.79 Å². The van der Waals surface area contributed by atoms with Gasteiger partial charge < -0.3 is 10.0 Å². The van der Waals surface area contributed by atoms with Crippen LogP contribution < -0.4 is 0 Å². The quantitative estimate of drug-likeness (QED) is 0.675. The molecule has 0 aliphatic carbocycles. The summed E-state index contributed by atoms with van der Waals surface area (Å²) in [7, 11) is 0. The second-order valence-electron chi connectivity index (χ2n) is 3.82. The molecule has 0 spiro atoms. The van der Waals surface area contributed by atoms with Crippen LogP contribution in [0.25, 0.3) is 0 Å². The highest BCUT2D eigenvalue weighted by Gasteiger charge is 2.16. The van der Waals surface area contributed by atoms with E-state index in [0.717, 1.165) is 26.2 Å². The highest BCUT2D eigenvalue weighted by Crippen LogP contribution is 2.05. The van der Waals surface area contributed by atoms with Gasteiger partial charge in [-0.05, 0) is 13.8 Å². The van der Waals surface area contributed by atoms with Gasteiger partial charge >= 0.3 is 5.97 Å². The van der Waals surface area contributed by atoms with Gasteiger partial charge in [-0.2, -0.15) is 0 Å². The predicted molar refractivity (Wildman–Crippen MR) is 55.1 cm³/mol. The Labute approximate surface area is 84.8 Å². The first kappa shape index (κ1) is 11.0. The van der Waals surface area contributed by atoms with Gasteiger partial charge in [0.05, 0.1) is 0 Å². The highest BCUT2D eigenvalue weighted by molar-refractivity contribution is 5.79. The topological polar surface area (TPSA) is 43.8 Å². The molecule has 4 nitrogen and oxygen atoms in total. The van der Waals surface area contributed by atoms with Crippen molar-refractivity contribution >= 4 is 5.97 Å². The molecule has 0 atom stereocenters. The molecule has 0 aromatic heterocycles. The number of aliphatic carboxylic acids is 1. The summed E-state index contributed by atoms with van der Waals surface area (Å²) >= 11 is 0. The first-order valence-corrected chi connectivity index (χ1v) is 4.99. The minimum absolute atomic E-state index is 0.584. The van der Waals surface area contributed by atoms with Gasteiger partial charge in [0.15, 0.2) is 0 Å². The zero-order chi connectivity index (χ0) is 10.6. The Balaban J connectivity index is 2.32. The molecule has 1 fully saturated rings. The van der Waals surface area contributed by atoms with Crippen molar-refractivity contribution in [3.63, 3.8) is 0 Å². The second-order valence-corrected chi connectivity index (χ2v) is 3.82. The van der Waals surface area contributed by atoms with Crippen LogP contribution in [0, 0.1) is 0 Å². The maximum Gasteiger partial charge on any atom is 0.329 e. The van der Waals surface area contributed by atoms with Crippen molar-refractivity contribution in [3.8, 4) is 0 Å². The summed E-state index contributed by atoms with van der Waals surface area (Å²) in [6.45, 7) is 8.23. The van der Waals surface area contributed by atoms with E-state index < -0.39 is 5.97 Å². The number of piperazine rings is 1. The van der Waals surface area contributed by atoms with Crippen LogP contribution in [0.5, 0.6) is 0 Å². The number of carbonyl (C=O) groups is 1. The fourth-order valence-electron chi connectivity index (χ4n) is 1.57. The van der Waals surface area contributed by atoms with E-state index >= 15 is 0 Å². The van der Waals surface area contributed by atoms with Crippen molar-refractivity contribution in [1.29, 1.82) is 0 Å². The number of nitrogens with zero attached hydrogens (tertiary/aromatic N) is 2. The SMILES string of the molecule is CC(C)N1CCN(/C=C/C(=O)O)CC1. The van der Waals surface area contributed by atoms with Crippen molar-refractivity contribution < 1.29 is 9.90 Å². The fraction of sp³-hybridized carbons (Fsp3) is 0.700. The van der Waals surface area contributed by atoms with E-state index in [1.807, 2.05) is 4.90 Å². The molecule has 1 aliphatic heterocycles. The van der Waals surface area contributed by atoms with Crippen molar-refractivity contribution in [1.82, 2.24) is 9.80 Å². The molecule has 0 saturated carbocycles. The number of hydrogen-bond acceptors (Lipinski definition) is 3. The number of rotatable bonds is 3. The molecule has 1 heterocycles. The summed E-state index contributed by atoms with van der Waals surface area (Å²) in [5, 5.41) is 8.46. The maximum absolute atomic E-state index is 10.3. The Morgan fingerprint density at radius 2 is 1.86 bits per heavy atom. The molecule has 4 heteroatoms. The summed E-state index contributed by atoms with van der Waals surface area (Å²) in [5.74, 6) is -0.878. The normalized spacial score (nSPS) is 19.5. The average Bonchev–Trinajstić information content (AvgIpc) is 2.15. The minimum atomic E-state index is -0.878. The summed E-state index contributed by atoms with van der Waals surface area (Å²) in [6, 6.07) is 0.584. The highest BCUT2D eigenvalue weighted by atomic mass is 16.4. The van der Waals surface area contributed by atoms with Crippen molar-refractivity contribution in [2.24, 2.45) is 0 Å². The Morgan fingerprint density at radius 1 is 1.29 bits per heavy atom. The van der Waals surface area contributed by atoms with E-state index in [1.165, 1.54) is 6.08 Å². The lowest BCUT2D eigenvalue weighted by Crippen LogP contribution is -2.46. The maximum atomic E-state index is 10.3. The van der Waals surface area contributed by atoms with Crippen LogP contribution in [-0.4, -0.2) is 53.1 Å². The van der Waals surface area contributed by atoms with Gasteiger partial charge in [0.1, 0.15) is 0 Å². The van der Waals surface area contributed by atoms with Crippen LogP contribution in [0.1, 0.15) is 13.8 Å². The fourth-order valence-corrected chi connectivity index (χ4v) is 1.57.